The summed E-state index contributed by atoms with van der Waals surface area (Å²) >= 11 is 0. The Hall–Kier alpha value is -1.29. The Morgan fingerprint density at radius 2 is 2.00 bits per heavy atom. The van der Waals surface area contributed by atoms with Gasteiger partial charge in [0.1, 0.15) is 11.6 Å². The highest BCUT2D eigenvalue weighted by Crippen LogP contribution is 2.20. The Balaban J connectivity index is 2.57. The molecule has 84 valence electrons. The first kappa shape index (κ1) is 11.8. The minimum atomic E-state index is 0.286. The van der Waals surface area contributed by atoms with Crippen LogP contribution in [0.15, 0.2) is 18.2 Å². The molecule has 15 heavy (non-hydrogen) atoms. The number of hydrazine groups is 1. The van der Waals surface area contributed by atoms with Crippen molar-refractivity contribution in [2.24, 2.45) is 11.3 Å². The molecule has 0 aliphatic rings. The molecule has 0 fully saturated rings. The standard InChI is InChI=1S/C11H20N4/c1-4-11(2,3)8-13-9-6-5-7-10(14-9)15-12/h5-7H,4,8,12H2,1-3H3,(H2,13,14,15). The van der Waals surface area contributed by atoms with Gasteiger partial charge in [-0.25, -0.2) is 10.8 Å². The normalized spacial score (nSPS) is 11.2. The monoisotopic (exact) mass is 208 g/mol. The first-order chi connectivity index (χ1) is 7.07. The highest BCUT2D eigenvalue weighted by atomic mass is 15.3. The zero-order valence-electron chi connectivity index (χ0n) is 9.67. The van der Waals surface area contributed by atoms with Crippen LogP contribution < -0.4 is 16.6 Å². The molecule has 1 aromatic heterocycles. The summed E-state index contributed by atoms with van der Waals surface area (Å²) in [6, 6.07) is 5.69. The van der Waals surface area contributed by atoms with Crippen molar-refractivity contribution in [1.82, 2.24) is 4.98 Å². The number of aromatic nitrogens is 1. The Morgan fingerprint density at radius 3 is 2.60 bits per heavy atom. The second-order valence-electron chi connectivity index (χ2n) is 4.42. The zero-order valence-corrected chi connectivity index (χ0v) is 9.67. The smallest absolute Gasteiger partial charge is 0.142 e. The average Bonchev–Trinajstić information content (AvgIpc) is 2.27. The lowest BCUT2D eigenvalue weighted by molar-refractivity contribution is 0.376. The van der Waals surface area contributed by atoms with E-state index < -0.39 is 0 Å². The van der Waals surface area contributed by atoms with Crippen LogP contribution in [-0.2, 0) is 0 Å². The second kappa shape index (κ2) is 4.98. The molecule has 1 rings (SSSR count). The average molecular weight is 208 g/mol. The molecule has 1 heterocycles. The maximum Gasteiger partial charge on any atom is 0.142 e. The Morgan fingerprint density at radius 1 is 1.33 bits per heavy atom. The molecule has 4 nitrogen and oxygen atoms in total. The van der Waals surface area contributed by atoms with Crippen LogP contribution >= 0.6 is 0 Å². The quantitative estimate of drug-likeness (QED) is 0.513. The molecule has 1 aromatic rings. The first-order valence-corrected chi connectivity index (χ1v) is 5.25. The molecular weight excluding hydrogens is 188 g/mol. The lowest BCUT2D eigenvalue weighted by Crippen LogP contribution is -2.22. The van der Waals surface area contributed by atoms with Crippen LogP contribution in [0.2, 0.25) is 0 Å². The molecule has 0 aromatic carbocycles. The van der Waals surface area contributed by atoms with Crippen molar-refractivity contribution < 1.29 is 0 Å². The minimum absolute atomic E-state index is 0.286. The largest absolute Gasteiger partial charge is 0.369 e. The van der Waals surface area contributed by atoms with Gasteiger partial charge in [-0.2, -0.15) is 0 Å². The van der Waals surface area contributed by atoms with Gasteiger partial charge >= 0.3 is 0 Å². The van der Waals surface area contributed by atoms with Crippen LogP contribution in [0.4, 0.5) is 11.6 Å². The molecular formula is C11H20N4. The third-order valence-electron chi connectivity index (χ3n) is 2.60. The summed E-state index contributed by atoms with van der Waals surface area (Å²) in [5.74, 6) is 6.82. The molecule has 0 amide bonds. The summed E-state index contributed by atoms with van der Waals surface area (Å²) in [6.45, 7) is 7.55. The molecule has 0 saturated heterocycles. The third-order valence-corrected chi connectivity index (χ3v) is 2.60. The molecule has 0 bridgehead atoms. The predicted octanol–water partition coefficient (Wildman–Crippen LogP) is 2.22. The van der Waals surface area contributed by atoms with Gasteiger partial charge in [0.25, 0.3) is 0 Å². The van der Waals surface area contributed by atoms with Crippen LogP contribution in [-0.4, -0.2) is 11.5 Å². The number of nitrogens with zero attached hydrogens (tertiary/aromatic N) is 1. The Bertz CT molecular complexity index is 309. The fourth-order valence-electron chi connectivity index (χ4n) is 1.07. The fourth-order valence-corrected chi connectivity index (χ4v) is 1.07. The second-order valence-corrected chi connectivity index (χ2v) is 4.42. The summed E-state index contributed by atoms with van der Waals surface area (Å²) < 4.78 is 0. The van der Waals surface area contributed by atoms with Crippen LogP contribution in [0.3, 0.4) is 0 Å². The molecule has 4 N–H and O–H groups in total. The maximum absolute atomic E-state index is 5.29. The van der Waals surface area contributed by atoms with Crippen molar-refractivity contribution >= 4 is 11.6 Å². The predicted molar refractivity (Wildman–Crippen MR) is 64.6 cm³/mol. The van der Waals surface area contributed by atoms with Gasteiger partial charge < -0.3 is 10.7 Å². The first-order valence-electron chi connectivity index (χ1n) is 5.25. The van der Waals surface area contributed by atoms with Crippen molar-refractivity contribution in [3.8, 4) is 0 Å². The van der Waals surface area contributed by atoms with Crippen LogP contribution in [0.5, 0.6) is 0 Å². The number of nitrogens with two attached hydrogens (primary N) is 1. The SMILES string of the molecule is CCC(C)(C)CNc1cccc(NN)n1. The summed E-state index contributed by atoms with van der Waals surface area (Å²) in [4.78, 5) is 4.28. The summed E-state index contributed by atoms with van der Waals surface area (Å²) in [5.41, 5.74) is 2.81. The molecule has 0 spiro atoms. The highest BCUT2D eigenvalue weighted by molar-refractivity contribution is 5.44. The van der Waals surface area contributed by atoms with E-state index in [1.54, 1.807) is 0 Å². The van der Waals surface area contributed by atoms with Gasteiger partial charge in [-0.05, 0) is 24.0 Å². The number of anilines is 2. The number of hydrogen-bond acceptors (Lipinski definition) is 4. The van der Waals surface area contributed by atoms with Gasteiger partial charge in [0.2, 0.25) is 0 Å². The van der Waals surface area contributed by atoms with E-state index in [-0.39, 0.29) is 5.41 Å². The molecule has 0 aliphatic carbocycles. The van der Waals surface area contributed by atoms with E-state index in [9.17, 15) is 0 Å². The van der Waals surface area contributed by atoms with Gasteiger partial charge in [-0.15, -0.1) is 0 Å². The van der Waals surface area contributed by atoms with E-state index in [1.165, 1.54) is 0 Å². The number of nitrogens with one attached hydrogen (secondary N) is 2. The van der Waals surface area contributed by atoms with Gasteiger partial charge in [0.05, 0.1) is 0 Å². The van der Waals surface area contributed by atoms with E-state index in [0.717, 1.165) is 18.8 Å². The van der Waals surface area contributed by atoms with Crippen molar-refractivity contribution in [1.29, 1.82) is 0 Å². The van der Waals surface area contributed by atoms with Crippen LogP contribution in [0, 0.1) is 5.41 Å². The molecule has 0 unspecified atom stereocenters. The van der Waals surface area contributed by atoms with E-state index in [1.807, 2.05) is 18.2 Å². The molecule has 0 aliphatic heterocycles. The van der Waals surface area contributed by atoms with E-state index >= 15 is 0 Å². The molecule has 4 heteroatoms. The van der Waals surface area contributed by atoms with Crippen molar-refractivity contribution in [2.45, 2.75) is 27.2 Å². The minimum Gasteiger partial charge on any atom is -0.369 e. The molecule has 0 saturated carbocycles. The molecule has 0 atom stereocenters. The van der Waals surface area contributed by atoms with Gasteiger partial charge in [-0.1, -0.05) is 26.8 Å². The van der Waals surface area contributed by atoms with Crippen LogP contribution in [0.25, 0.3) is 0 Å². The lowest BCUT2D eigenvalue weighted by atomic mass is 9.90. The fraction of sp³-hybridized carbons (Fsp3) is 0.545. The number of nitrogen functional groups attached to an aromatic ring is 1. The van der Waals surface area contributed by atoms with E-state index in [2.05, 4.69) is 36.5 Å². The van der Waals surface area contributed by atoms with Gasteiger partial charge in [0.15, 0.2) is 0 Å². The maximum atomic E-state index is 5.29. The van der Waals surface area contributed by atoms with Gasteiger partial charge in [0, 0.05) is 6.54 Å². The summed E-state index contributed by atoms with van der Waals surface area (Å²) in [5, 5.41) is 3.30. The number of rotatable bonds is 5. The number of hydrogen-bond donors (Lipinski definition) is 3. The Labute approximate surface area is 91.3 Å². The van der Waals surface area contributed by atoms with Crippen LogP contribution in [0.1, 0.15) is 27.2 Å². The van der Waals surface area contributed by atoms with Crippen molar-refractivity contribution in [2.75, 3.05) is 17.3 Å². The number of pyridine rings is 1. The van der Waals surface area contributed by atoms with Gasteiger partial charge in [-0.3, -0.25) is 0 Å². The molecule has 0 radical (unpaired) electrons. The lowest BCUT2D eigenvalue weighted by Gasteiger charge is -2.23. The summed E-state index contributed by atoms with van der Waals surface area (Å²) in [6.07, 6.45) is 1.13. The zero-order chi connectivity index (χ0) is 11.3. The third kappa shape index (κ3) is 3.75. The highest BCUT2D eigenvalue weighted by Gasteiger charge is 2.14. The van der Waals surface area contributed by atoms with E-state index in [4.69, 9.17) is 5.84 Å². The summed E-state index contributed by atoms with van der Waals surface area (Å²) in [7, 11) is 0. The van der Waals surface area contributed by atoms with E-state index in [0.29, 0.717) is 5.82 Å². The van der Waals surface area contributed by atoms with Crippen molar-refractivity contribution in [3.63, 3.8) is 0 Å². The Kier molecular flexibility index (Phi) is 3.91. The topological polar surface area (TPSA) is 63.0 Å². The van der Waals surface area contributed by atoms with Crippen molar-refractivity contribution in [3.05, 3.63) is 18.2 Å².